The molecule has 2 N–H and O–H groups in total. The van der Waals surface area contributed by atoms with E-state index in [4.69, 9.17) is 4.74 Å². The number of fused-ring (bicyclic) bond motifs is 1. The van der Waals surface area contributed by atoms with E-state index in [2.05, 4.69) is 20.8 Å². The van der Waals surface area contributed by atoms with Crippen LogP contribution in [-0.2, 0) is 0 Å². The molecule has 0 radical (unpaired) electrons. The molecule has 0 saturated heterocycles. The smallest absolute Gasteiger partial charge is 0.326 e. The van der Waals surface area contributed by atoms with E-state index in [-0.39, 0.29) is 11.8 Å². The van der Waals surface area contributed by atoms with Crippen molar-refractivity contribution in [3.8, 4) is 5.88 Å². The first-order valence-electron chi connectivity index (χ1n) is 6.98. The molecule has 0 aliphatic heterocycles. The van der Waals surface area contributed by atoms with Crippen LogP contribution >= 0.6 is 0 Å². The number of aromatic nitrogens is 3. The van der Waals surface area contributed by atoms with Crippen LogP contribution < -0.4 is 15.4 Å². The summed E-state index contributed by atoms with van der Waals surface area (Å²) in [4.78, 5) is 12.0. The van der Waals surface area contributed by atoms with Gasteiger partial charge in [-0.3, -0.25) is 5.32 Å². The highest BCUT2D eigenvalue weighted by Gasteiger charge is 2.12. The number of rotatable bonds is 4. The molecule has 8 heteroatoms. The number of nitrogens with one attached hydrogen (secondary N) is 2. The maximum atomic E-state index is 12.9. The number of benzene rings is 1. The highest BCUT2D eigenvalue weighted by Crippen LogP contribution is 2.19. The molecule has 3 rings (SSSR count). The molecule has 0 unspecified atom stereocenters. The summed E-state index contributed by atoms with van der Waals surface area (Å²) < 4.78 is 19.9. The lowest BCUT2D eigenvalue weighted by molar-refractivity contribution is 0.262. The van der Waals surface area contributed by atoms with Gasteiger partial charge in [-0.25, -0.2) is 13.6 Å². The molecular formula is C15H14FN5O2. The van der Waals surface area contributed by atoms with Crippen molar-refractivity contribution in [2.75, 3.05) is 17.2 Å². The number of carbonyl (C=O) groups is 1. The van der Waals surface area contributed by atoms with Crippen LogP contribution in [0.1, 0.15) is 6.92 Å². The highest BCUT2D eigenvalue weighted by molar-refractivity contribution is 5.98. The third kappa shape index (κ3) is 3.20. The van der Waals surface area contributed by atoms with Gasteiger partial charge in [-0.15, -0.1) is 10.2 Å². The van der Waals surface area contributed by atoms with Crippen molar-refractivity contribution in [2.45, 2.75) is 6.92 Å². The zero-order valence-electron chi connectivity index (χ0n) is 12.3. The van der Waals surface area contributed by atoms with Crippen LogP contribution in [0.25, 0.3) is 5.65 Å². The number of hydrogen-bond donors (Lipinski definition) is 2. The summed E-state index contributed by atoms with van der Waals surface area (Å²) in [5.41, 5.74) is 1.01. The summed E-state index contributed by atoms with van der Waals surface area (Å²) in [5, 5.41) is 13.1. The Morgan fingerprint density at radius 1 is 1.17 bits per heavy atom. The number of urea groups is 1. The zero-order chi connectivity index (χ0) is 16.2. The molecule has 0 saturated carbocycles. The zero-order valence-corrected chi connectivity index (χ0v) is 12.3. The molecule has 0 fully saturated rings. The lowest BCUT2D eigenvalue weighted by Gasteiger charge is -2.09. The Hall–Kier alpha value is -3.16. The molecule has 3 aromatic rings. The van der Waals surface area contributed by atoms with E-state index in [0.29, 0.717) is 23.8 Å². The molecule has 118 valence electrons. The summed E-state index contributed by atoms with van der Waals surface area (Å²) in [6, 6.07) is 10.2. The van der Waals surface area contributed by atoms with Crippen LogP contribution in [0, 0.1) is 5.82 Å². The van der Waals surface area contributed by atoms with E-state index in [1.165, 1.54) is 24.3 Å². The minimum absolute atomic E-state index is 0.226. The van der Waals surface area contributed by atoms with Crippen molar-refractivity contribution < 1.29 is 13.9 Å². The number of nitrogens with zero attached hydrogens (tertiary/aromatic N) is 3. The molecule has 23 heavy (non-hydrogen) atoms. The second-order valence-electron chi connectivity index (χ2n) is 4.60. The highest BCUT2D eigenvalue weighted by atomic mass is 19.1. The Kier molecular flexibility index (Phi) is 4.05. The van der Waals surface area contributed by atoms with E-state index in [9.17, 15) is 9.18 Å². The van der Waals surface area contributed by atoms with Gasteiger partial charge in [0.15, 0.2) is 5.65 Å². The second-order valence-corrected chi connectivity index (χ2v) is 4.60. The monoisotopic (exact) mass is 315 g/mol. The van der Waals surface area contributed by atoms with E-state index >= 15 is 0 Å². The molecule has 2 heterocycles. The maximum absolute atomic E-state index is 12.9. The molecule has 7 nitrogen and oxygen atoms in total. The number of pyridine rings is 1. The van der Waals surface area contributed by atoms with Crippen molar-refractivity contribution in [2.24, 2.45) is 0 Å². The fraction of sp³-hybridized carbons (Fsp3) is 0.133. The summed E-state index contributed by atoms with van der Waals surface area (Å²) in [5.74, 6) is 0.372. The Balaban J connectivity index is 1.80. The molecule has 2 amide bonds. The summed E-state index contributed by atoms with van der Waals surface area (Å²) >= 11 is 0. The molecule has 0 atom stereocenters. The number of ether oxygens (including phenoxy) is 1. The molecule has 0 aliphatic carbocycles. The van der Waals surface area contributed by atoms with Crippen molar-refractivity contribution >= 4 is 23.3 Å². The van der Waals surface area contributed by atoms with E-state index < -0.39 is 6.03 Å². The lowest BCUT2D eigenvalue weighted by atomic mass is 10.3. The first kappa shape index (κ1) is 14.8. The van der Waals surface area contributed by atoms with Crippen LogP contribution in [0.2, 0.25) is 0 Å². The number of hydrogen-bond acceptors (Lipinski definition) is 4. The normalized spacial score (nSPS) is 10.5. The Morgan fingerprint density at radius 3 is 2.70 bits per heavy atom. The van der Waals surface area contributed by atoms with Crippen LogP contribution in [0.3, 0.4) is 0 Å². The number of halogens is 1. The van der Waals surface area contributed by atoms with Gasteiger partial charge in [0.1, 0.15) is 5.82 Å². The molecule has 0 bridgehead atoms. The number of anilines is 2. The molecule has 2 aromatic heterocycles. The Morgan fingerprint density at radius 2 is 1.96 bits per heavy atom. The molecule has 1 aromatic carbocycles. The van der Waals surface area contributed by atoms with Gasteiger partial charge in [0, 0.05) is 5.69 Å². The second kappa shape index (κ2) is 6.30. The third-order valence-corrected chi connectivity index (χ3v) is 3.01. The minimum Gasteiger partial charge on any atom is -0.479 e. The van der Waals surface area contributed by atoms with Crippen LogP contribution in [0.4, 0.5) is 20.8 Å². The van der Waals surface area contributed by atoms with Gasteiger partial charge < -0.3 is 10.1 Å². The SMILES string of the molecule is CCOc1cccc2nnc(NC(=O)Nc3ccc(F)cc3)n12. The van der Waals surface area contributed by atoms with Crippen molar-refractivity contribution in [1.29, 1.82) is 0 Å². The fourth-order valence-corrected chi connectivity index (χ4v) is 2.05. The van der Waals surface area contributed by atoms with Gasteiger partial charge in [-0.2, -0.15) is 0 Å². The van der Waals surface area contributed by atoms with Crippen molar-refractivity contribution in [3.05, 3.63) is 48.3 Å². The van der Waals surface area contributed by atoms with E-state index in [1.54, 1.807) is 22.6 Å². The van der Waals surface area contributed by atoms with Gasteiger partial charge in [0.2, 0.25) is 11.8 Å². The first-order chi connectivity index (χ1) is 11.2. The van der Waals surface area contributed by atoms with Crippen LogP contribution in [0.5, 0.6) is 5.88 Å². The van der Waals surface area contributed by atoms with Crippen molar-refractivity contribution in [3.63, 3.8) is 0 Å². The van der Waals surface area contributed by atoms with E-state index in [1.807, 2.05) is 6.92 Å². The predicted molar refractivity (Wildman–Crippen MR) is 83.2 cm³/mol. The molecule has 0 aliphatic rings. The third-order valence-electron chi connectivity index (χ3n) is 3.01. The summed E-state index contributed by atoms with van der Waals surface area (Å²) in [6.45, 7) is 2.33. The van der Waals surface area contributed by atoms with Gasteiger partial charge in [0.05, 0.1) is 6.61 Å². The Labute approximate surface area is 131 Å². The minimum atomic E-state index is -0.516. The molecule has 0 spiro atoms. The van der Waals surface area contributed by atoms with Gasteiger partial charge in [-0.1, -0.05) is 6.07 Å². The lowest BCUT2D eigenvalue weighted by Crippen LogP contribution is -2.21. The quantitative estimate of drug-likeness (QED) is 0.775. The Bertz CT molecular complexity index is 832. The van der Waals surface area contributed by atoms with Crippen LogP contribution in [0.15, 0.2) is 42.5 Å². The summed E-state index contributed by atoms with van der Waals surface area (Å²) in [6.07, 6.45) is 0. The largest absolute Gasteiger partial charge is 0.479 e. The van der Waals surface area contributed by atoms with Gasteiger partial charge in [-0.05, 0) is 43.3 Å². The fourth-order valence-electron chi connectivity index (χ4n) is 2.05. The van der Waals surface area contributed by atoms with Crippen molar-refractivity contribution in [1.82, 2.24) is 14.6 Å². The standard InChI is InChI=1S/C15H14FN5O2/c1-2-23-13-5-3-4-12-19-20-14(21(12)13)18-15(22)17-11-8-6-10(16)7-9-11/h3-9H,2H2,1H3,(H2,17,18,20,22). The van der Waals surface area contributed by atoms with Gasteiger partial charge in [0.25, 0.3) is 0 Å². The maximum Gasteiger partial charge on any atom is 0.326 e. The number of amides is 2. The summed E-state index contributed by atoms with van der Waals surface area (Å²) in [7, 11) is 0. The topological polar surface area (TPSA) is 80.6 Å². The first-order valence-corrected chi connectivity index (χ1v) is 6.98. The van der Waals surface area contributed by atoms with Gasteiger partial charge >= 0.3 is 6.03 Å². The molecular weight excluding hydrogens is 301 g/mol. The predicted octanol–water partition coefficient (Wildman–Crippen LogP) is 2.91. The number of carbonyl (C=O) groups excluding carboxylic acids is 1. The average Bonchev–Trinajstić information content (AvgIpc) is 2.94. The van der Waals surface area contributed by atoms with E-state index in [0.717, 1.165) is 0 Å². The van der Waals surface area contributed by atoms with Crippen LogP contribution in [-0.4, -0.2) is 27.2 Å². The average molecular weight is 315 g/mol.